The van der Waals surface area contributed by atoms with Crippen LogP contribution in [0.25, 0.3) is 34.0 Å². The Balaban J connectivity index is 1.32. The first kappa shape index (κ1) is 38.8. The molecule has 0 amide bonds. The zero-order valence-electron chi connectivity index (χ0n) is 27.3. The van der Waals surface area contributed by atoms with Gasteiger partial charge in [-0.1, -0.05) is 11.6 Å². The molecule has 0 aliphatic heterocycles. The summed E-state index contributed by atoms with van der Waals surface area (Å²) in [6.45, 7) is 0. The normalized spacial score (nSPS) is 12.3. The largest absolute Gasteiger partial charge is 0.573 e. The number of rotatable bonds is 12. The van der Waals surface area contributed by atoms with E-state index in [4.69, 9.17) is 25.2 Å². The van der Waals surface area contributed by atoms with E-state index >= 15 is 0 Å². The first-order valence-electron chi connectivity index (χ1n) is 14.9. The van der Waals surface area contributed by atoms with Crippen molar-refractivity contribution in [2.75, 3.05) is 16.6 Å². The number of hydrogen-bond acceptors (Lipinski definition) is 11. The molecule has 288 valence electrons. The summed E-state index contributed by atoms with van der Waals surface area (Å²) in [6, 6.07) is 12.2. The molecule has 0 saturated carbocycles. The van der Waals surface area contributed by atoms with Crippen LogP contribution in [0.5, 0.6) is 17.2 Å². The van der Waals surface area contributed by atoms with Crippen molar-refractivity contribution < 1.29 is 66.2 Å². The van der Waals surface area contributed by atoms with Crippen LogP contribution in [0.1, 0.15) is 0 Å². The lowest BCUT2D eigenvalue weighted by atomic mass is 10.1. The van der Waals surface area contributed by atoms with Crippen LogP contribution in [-0.2, 0) is 20.0 Å². The van der Waals surface area contributed by atoms with E-state index in [-0.39, 0.29) is 33.5 Å². The van der Waals surface area contributed by atoms with Gasteiger partial charge in [0.1, 0.15) is 44.3 Å². The quantitative estimate of drug-likeness (QED) is 0.113. The summed E-state index contributed by atoms with van der Waals surface area (Å²) in [4.78, 5) is 6.18. The lowest BCUT2D eigenvalue weighted by Crippen LogP contribution is -2.21. The van der Waals surface area contributed by atoms with Crippen LogP contribution in [0.3, 0.4) is 0 Å². The molecule has 0 aliphatic rings. The van der Waals surface area contributed by atoms with E-state index in [0.717, 1.165) is 43.8 Å². The summed E-state index contributed by atoms with van der Waals surface area (Å²) in [7, 11) is -8.38. The lowest BCUT2D eigenvalue weighted by molar-refractivity contribution is -0.276. The first-order valence-corrected chi connectivity index (χ1v) is 18.3. The summed E-state index contributed by atoms with van der Waals surface area (Å²) in [5.41, 5.74) is -0.309. The third-order valence-electron chi connectivity index (χ3n) is 7.14. The second-order valence-electron chi connectivity index (χ2n) is 11.0. The van der Waals surface area contributed by atoms with Crippen molar-refractivity contribution in [3.8, 4) is 51.2 Å². The van der Waals surface area contributed by atoms with Crippen molar-refractivity contribution in [2.24, 2.45) is 0 Å². The number of nitrogens with zero attached hydrogens (tertiary/aromatic N) is 2. The van der Waals surface area contributed by atoms with Crippen molar-refractivity contribution >= 4 is 43.0 Å². The summed E-state index contributed by atoms with van der Waals surface area (Å²) in [6.07, 6.45) is -4.40. The smallest absolute Gasteiger partial charge is 0.495 e. The minimum Gasteiger partial charge on any atom is -0.495 e. The van der Waals surface area contributed by atoms with E-state index < -0.39 is 65.4 Å². The molecule has 0 radical (unpaired) electrons. The average Bonchev–Trinajstić information content (AvgIpc) is 3.81. The molecular formula is C33H21ClF6N4O9S2. The molecule has 13 nitrogen and oxygen atoms in total. The Labute approximate surface area is 311 Å². The highest BCUT2D eigenvalue weighted by molar-refractivity contribution is 7.93. The predicted molar refractivity (Wildman–Crippen MR) is 182 cm³/mol. The minimum absolute atomic E-state index is 0.0448. The summed E-state index contributed by atoms with van der Waals surface area (Å²) in [5.74, 6) is -2.51. The molecule has 4 heterocycles. The van der Waals surface area contributed by atoms with Gasteiger partial charge in [0.05, 0.1) is 42.7 Å². The third-order valence-corrected chi connectivity index (χ3v) is 10.2. The number of nitrogens with one attached hydrogen (secondary N) is 2. The number of methoxy groups -OCH3 is 1. The fraction of sp³-hybridized carbons (Fsp3) is 0.0909. The second-order valence-corrected chi connectivity index (χ2v) is 14.7. The number of aromatic nitrogens is 2. The molecular weight excluding hydrogens is 810 g/mol. The van der Waals surface area contributed by atoms with Gasteiger partial charge in [-0.15, -0.1) is 26.3 Å². The van der Waals surface area contributed by atoms with E-state index in [9.17, 15) is 43.2 Å². The van der Waals surface area contributed by atoms with Gasteiger partial charge >= 0.3 is 12.7 Å². The average molecular weight is 831 g/mol. The molecule has 55 heavy (non-hydrogen) atoms. The zero-order chi connectivity index (χ0) is 39.8. The van der Waals surface area contributed by atoms with Crippen LogP contribution in [-0.4, -0.2) is 46.6 Å². The van der Waals surface area contributed by atoms with Gasteiger partial charge < -0.3 is 23.0 Å². The fourth-order valence-electron chi connectivity index (χ4n) is 4.98. The van der Waals surface area contributed by atoms with Gasteiger partial charge in [0.2, 0.25) is 0 Å². The first-order chi connectivity index (χ1) is 25.8. The maximum atomic E-state index is 13.7. The molecule has 0 aliphatic carbocycles. The van der Waals surface area contributed by atoms with Crippen molar-refractivity contribution in [1.82, 2.24) is 9.97 Å². The van der Waals surface area contributed by atoms with Gasteiger partial charge in [-0.25, -0.2) is 16.8 Å². The van der Waals surface area contributed by atoms with Crippen molar-refractivity contribution in [3.05, 3.63) is 103 Å². The highest BCUT2D eigenvalue weighted by Crippen LogP contribution is 2.43. The van der Waals surface area contributed by atoms with Crippen molar-refractivity contribution in [1.29, 1.82) is 0 Å². The van der Waals surface area contributed by atoms with Crippen molar-refractivity contribution in [2.45, 2.75) is 22.5 Å². The number of halogens is 7. The molecule has 2 aromatic carbocycles. The lowest BCUT2D eigenvalue weighted by Gasteiger charge is -2.17. The monoisotopic (exact) mass is 830 g/mol. The number of hydrogen-bond donors (Lipinski definition) is 2. The molecule has 22 heteroatoms. The molecule has 0 saturated heterocycles. The topological polar surface area (TPSA) is 172 Å². The van der Waals surface area contributed by atoms with E-state index in [0.29, 0.717) is 23.5 Å². The van der Waals surface area contributed by atoms with Gasteiger partial charge in [0.25, 0.3) is 20.0 Å². The molecule has 0 fully saturated rings. The molecule has 2 N–H and O–H groups in total. The van der Waals surface area contributed by atoms with E-state index in [2.05, 4.69) is 28.9 Å². The number of benzene rings is 2. The van der Waals surface area contributed by atoms with Crippen molar-refractivity contribution in [3.63, 3.8) is 0 Å². The molecule has 0 unspecified atom stereocenters. The third kappa shape index (κ3) is 9.24. The molecule has 6 rings (SSSR count). The Hall–Kier alpha value is -5.93. The predicted octanol–water partition coefficient (Wildman–Crippen LogP) is 8.72. The number of pyridine rings is 2. The summed E-state index contributed by atoms with van der Waals surface area (Å²) < 4.78 is 162. The Kier molecular flexibility index (Phi) is 10.4. The Bertz CT molecular complexity index is 2580. The number of anilines is 2. The van der Waals surface area contributed by atoms with Gasteiger partial charge in [-0.3, -0.25) is 19.4 Å². The standard InChI is InChI=1S/C33H21ClF6N4O9S2/c1-49-29-12-23(28(53-33(38,39)40)13-31(29)55(47,48)44-21-9-18(14-41-16-21)24-3-2-8-50-24)26-7-6-25(51-26)19-10-22(17-42-15-19)43-54(45,46)30-11-20(34)4-5-27(30)52-32(35,36)37/h2-17,43-44H,1H3. The highest BCUT2D eigenvalue weighted by atomic mass is 35.5. The SMILES string of the molecule is COc1cc(-c2ccc(-c3cncc(NS(=O)(=O)c4cc(Cl)ccc4OC(F)(F)F)c3)o2)c(OC(F)(F)F)cc1S(=O)(=O)Nc1cncc(-c2ccco2)c1. The molecule has 0 spiro atoms. The maximum absolute atomic E-state index is 13.7. The van der Waals surface area contributed by atoms with Crippen LogP contribution >= 0.6 is 11.6 Å². The van der Waals surface area contributed by atoms with Crippen LogP contribution in [0.4, 0.5) is 37.7 Å². The number of furan rings is 2. The van der Waals surface area contributed by atoms with E-state index in [1.165, 1.54) is 36.9 Å². The highest BCUT2D eigenvalue weighted by Gasteiger charge is 2.36. The zero-order valence-corrected chi connectivity index (χ0v) is 29.7. The van der Waals surface area contributed by atoms with E-state index in [1.54, 1.807) is 12.1 Å². The van der Waals surface area contributed by atoms with Gasteiger partial charge in [-0.05, 0) is 60.7 Å². The number of sulfonamides is 2. The summed E-state index contributed by atoms with van der Waals surface area (Å²) in [5, 5.41) is -0.217. The van der Waals surface area contributed by atoms with Crippen LogP contribution in [0.2, 0.25) is 5.02 Å². The van der Waals surface area contributed by atoms with Crippen LogP contribution in [0, 0.1) is 0 Å². The Morgan fingerprint density at radius 3 is 1.78 bits per heavy atom. The van der Waals surface area contributed by atoms with Gasteiger partial charge in [-0.2, -0.15) is 0 Å². The maximum Gasteiger partial charge on any atom is 0.573 e. The van der Waals surface area contributed by atoms with Gasteiger partial charge in [0, 0.05) is 34.6 Å². The fourth-order valence-corrected chi connectivity index (χ4v) is 7.60. The molecule has 0 bridgehead atoms. The molecule has 4 aromatic heterocycles. The Morgan fingerprint density at radius 2 is 1.22 bits per heavy atom. The van der Waals surface area contributed by atoms with E-state index in [1.807, 2.05) is 0 Å². The molecule has 6 aromatic rings. The number of ether oxygens (including phenoxy) is 3. The summed E-state index contributed by atoms with van der Waals surface area (Å²) >= 11 is 5.83. The van der Waals surface area contributed by atoms with Gasteiger partial charge in [0.15, 0.2) is 0 Å². The Morgan fingerprint density at radius 1 is 0.655 bits per heavy atom. The molecule has 0 atom stereocenters. The minimum atomic E-state index is -5.31. The van der Waals surface area contributed by atoms with Crippen LogP contribution in [0.15, 0.2) is 116 Å². The second kappa shape index (κ2) is 14.7. The van der Waals surface area contributed by atoms with Crippen LogP contribution < -0.4 is 23.7 Å². The number of alkyl halides is 6.